The lowest BCUT2D eigenvalue weighted by atomic mass is 10.0. The fourth-order valence-electron chi connectivity index (χ4n) is 3.32. The van der Waals surface area contributed by atoms with Gasteiger partial charge < -0.3 is 14.8 Å². The van der Waals surface area contributed by atoms with E-state index in [9.17, 15) is 19.7 Å². The van der Waals surface area contributed by atoms with Crippen molar-refractivity contribution in [2.45, 2.75) is 38.7 Å². The van der Waals surface area contributed by atoms with Crippen LogP contribution >= 0.6 is 0 Å². The molecule has 3 rings (SSSR count). The number of hydrogen-bond acceptors (Lipinski definition) is 6. The smallest absolute Gasteiger partial charge is 0.311 e. The zero-order valence-corrected chi connectivity index (χ0v) is 16.3. The molecule has 0 heterocycles. The summed E-state index contributed by atoms with van der Waals surface area (Å²) in [5.74, 6) is -0.890. The van der Waals surface area contributed by atoms with Gasteiger partial charge in [-0.2, -0.15) is 0 Å². The Kier molecular flexibility index (Phi) is 6.11. The van der Waals surface area contributed by atoms with Gasteiger partial charge in [0.2, 0.25) is 0 Å². The summed E-state index contributed by atoms with van der Waals surface area (Å²) >= 11 is 0. The van der Waals surface area contributed by atoms with E-state index in [2.05, 4.69) is 5.32 Å². The summed E-state index contributed by atoms with van der Waals surface area (Å²) in [5, 5.41) is 13.6. The van der Waals surface area contributed by atoms with Crippen LogP contribution in [0.2, 0.25) is 0 Å². The van der Waals surface area contributed by atoms with Crippen molar-refractivity contribution in [3.63, 3.8) is 0 Å². The summed E-state index contributed by atoms with van der Waals surface area (Å²) < 4.78 is 10.2. The van der Waals surface area contributed by atoms with Gasteiger partial charge in [0.15, 0.2) is 6.10 Å². The Labute approximate surface area is 168 Å². The van der Waals surface area contributed by atoms with Gasteiger partial charge in [0.1, 0.15) is 11.4 Å². The molecule has 1 aliphatic rings. The maximum absolute atomic E-state index is 12.3. The standard InChI is InChI=1S/C21H22N2O6/c1-13(21(25)22-18-9-8-17(28-2)12-19(18)23(26)27)29-20(24)11-14-6-7-15-4-3-5-16(15)10-14/h6-10,12-13H,3-5,11H2,1-2H3,(H,22,25)/t13-/m0/s1. The third-order valence-electron chi connectivity index (χ3n) is 4.85. The van der Waals surface area contributed by atoms with Crippen LogP contribution in [0, 0.1) is 10.1 Å². The molecule has 1 amide bonds. The number of carbonyl (C=O) groups is 2. The van der Waals surface area contributed by atoms with Crippen molar-refractivity contribution in [2.24, 2.45) is 0 Å². The number of aryl methyl sites for hydroxylation is 2. The first-order chi connectivity index (χ1) is 13.9. The second kappa shape index (κ2) is 8.72. The maximum atomic E-state index is 12.3. The zero-order valence-electron chi connectivity index (χ0n) is 16.3. The van der Waals surface area contributed by atoms with Gasteiger partial charge in [-0.15, -0.1) is 0 Å². The highest BCUT2D eigenvalue weighted by molar-refractivity contribution is 5.97. The van der Waals surface area contributed by atoms with Gasteiger partial charge >= 0.3 is 5.97 Å². The minimum absolute atomic E-state index is 0.00215. The van der Waals surface area contributed by atoms with E-state index in [0.29, 0.717) is 5.75 Å². The van der Waals surface area contributed by atoms with E-state index in [1.165, 1.54) is 43.4 Å². The van der Waals surface area contributed by atoms with E-state index >= 15 is 0 Å². The predicted octanol–water partition coefficient (Wildman–Crippen LogP) is 3.21. The first kappa shape index (κ1) is 20.3. The molecule has 2 aromatic carbocycles. The molecular weight excluding hydrogens is 376 g/mol. The largest absolute Gasteiger partial charge is 0.496 e. The van der Waals surface area contributed by atoms with Crippen LogP contribution in [0.3, 0.4) is 0 Å². The number of hydrogen-bond donors (Lipinski definition) is 1. The van der Waals surface area contributed by atoms with Crippen molar-refractivity contribution < 1.29 is 24.0 Å². The summed E-state index contributed by atoms with van der Waals surface area (Å²) in [6.45, 7) is 1.42. The lowest BCUT2D eigenvalue weighted by molar-refractivity contribution is -0.384. The van der Waals surface area contributed by atoms with Gasteiger partial charge in [-0.1, -0.05) is 18.2 Å². The Bertz CT molecular complexity index is 956. The third kappa shape index (κ3) is 4.90. The molecule has 0 saturated carbocycles. The highest BCUT2D eigenvalue weighted by Crippen LogP contribution is 2.29. The first-order valence-corrected chi connectivity index (χ1v) is 9.31. The average molecular weight is 398 g/mol. The highest BCUT2D eigenvalue weighted by Gasteiger charge is 2.23. The van der Waals surface area contributed by atoms with Crippen LogP contribution in [0.25, 0.3) is 0 Å². The molecule has 2 aromatic rings. The molecule has 1 atom stereocenters. The number of esters is 1. The molecule has 0 aromatic heterocycles. The molecule has 0 unspecified atom stereocenters. The predicted molar refractivity (Wildman–Crippen MR) is 106 cm³/mol. The van der Waals surface area contributed by atoms with Gasteiger partial charge in [-0.05, 0) is 55.0 Å². The molecule has 29 heavy (non-hydrogen) atoms. The molecule has 0 bridgehead atoms. The Morgan fingerprint density at radius 3 is 2.66 bits per heavy atom. The topological polar surface area (TPSA) is 108 Å². The lowest BCUT2D eigenvalue weighted by Crippen LogP contribution is -2.30. The number of carbonyl (C=O) groups excluding carboxylic acids is 2. The molecule has 1 aliphatic carbocycles. The molecule has 152 valence electrons. The molecule has 0 aliphatic heterocycles. The van der Waals surface area contributed by atoms with Crippen LogP contribution in [0.4, 0.5) is 11.4 Å². The second-order valence-corrected chi connectivity index (χ2v) is 6.89. The highest BCUT2D eigenvalue weighted by atomic mass is 16.6. The van der Waals surface area contributed by atoms with E-state index in [1.807, 2.05) is 18.2 Å². The third-order valence-corrected chi connectivity index (χ3v) is 4.85. The number of anilines is 1. The number of amides is 1. The van der Waals surface area contributed by atoms with Gasteiger partial charge in [0, 0.05) is 0 Å². The van der Waals surface area contributed by atoms with Gasteiger partial charge in [0.05, 0.1) is 24.5 Å². The van der Waals surface area contributed by atoms with Crippen molar-refractivity contribution >= 4 is 23.3 Å². The number of nitro groups is 1. The SMILES string of the molecule is COc1ccc(NC(=O)[C@H](C)OC(=O)Cc2ccc3c(c2)CCC3)c([N+](=O)[O-])c1. The van der Waals surface area contributed by atoms with E-state index in [4.69, 9.17) is 9.47 Å². The Morgan fingerprint density at radius 1 is 1.17 bits per heavy atom. The number of benzene rings is 2. The van der Waals surface area contributed by atoms with E-state index in [-0.39, 0.29) is 17.8 Å². The van der Waals surface area contributed by atoms with Crippen LogP contribution in [0.1, 0.15) is 30.0 Å². The number of nitro benzene ring substituents is 1. The summed E-state index contributed by atoms with van der Waals surface area (Å²) in [6, 6.07) is 10.0. The van der Waals surface area contributed by atoms with Gasteiger partial charge in [-0.3, -0.25) is 19.7 Å². The number of ether oxygens (including phenoxy) is 2. The number of rotatable bonds is 7. The molecular formula is C21H22N2O6. The number of nitrogens with one attached hydrogen (secondary N) is 1. The molecule has 0 fully saturated rings. The molecule has 8 heteroatoms. The molecule has 1 N–H and O–H groups in total. The van der Waals surface area contributed by atoms with Crippen LogP contribution in [-0.2, 0) is 33.6 Å². The number of fused-ring (bicyclic) bond motifs is 1. The Balaban J connectivity index is 1.60. The Morgan fingerprint density at radius 2 is 1.93 bits per heavy atom. The number of methoxy groups -OCH3 is 1. The Hall–Kier alpha value is -3.42. The normalized spacial score (nSPS) is 13.3. The van der Waals surface area contributed by atoms with E-state index in [0.717, 1.165) is 24.8 Å². The quantitative estimate of drug-likeness (QED) is 0.436. The van der Waals surface area contributed by atoms with Gasteiger partial charge in [0.25, 0.3) is 11.6 Å². The fraction of sp³-hybridized carbons (Fsp3) is 0.333. The van der Waals surface area contributed by atoms with E-state index < -0.39 is 22.9 Å². The second-order valence-electron chi connectivity index (χ2n) is 6.89. The van der Waals surface area contributed by atoms with Crippen molar-refractivity contribution in [1.29, 1.82) is 0 Å². The first-order valence-electron chi connectivity index (χ1n) is 9.31. The lowest BCUT2D eigenvalue weighted by Gasteiger charge is -2.14. The van der Waals surface area contributed by atoms with Crippen LogP contribution in [0.5, 0.6) is 5.75 Å². The minimum atomic E-state index is -1.10. The minimum Gasteiger partial charge on any atom is -0.496 e. The molecule has 0 radical (unpaired) electrons. The summed E-state index contributed by atoms with van der Waals surface area (Å²) in [4.78, 5) is 35.1. The van der Waals surface area contributed by atoms with Crippen LogP contribution in [-0.4, -0.2) is 30.0 Å². The monoisotopic (exact) mass is 398 g/mol. The van der Waals surface area contributed by atoms with Crippen molar-refractivity contribution in [2.75, 3.05) is 12.4 Å². The fourth-order valence-corrected chi connectivity index (χ4v) is 3.32. The summed E-state index contributed by atoms with van der Waals surface area (Å²) in [6.07, 6.45) is 2.16. The van der Waals surface area contributed by atoms with Crippen molar-refractivity contribution in [3.8, 4) is 5.75 Å². The van der Waals surface area contributed by atoms with Crippen molar-refractivity contribution in [1.82, 2.24) is 0 Å². The molecule has 0 spiro atoms. The van der Waals surface area contributed by atoms with Crippen molar-refractivity contribution in [3.05, 3.63) is 63.2 Å². The average Bonchev–Trinajstić information content (AvgIpc) is 3.15. The van der Waals surface area contributed by atoms with Crippen LogP contribution < -0.4 is 10.1 Å². The molecule has 0 saturated heterocycles. The van der Waals surface area contributed by atoms with Gasteiger partial charge in [-0.25, -0.2) is 0 Å². The zero-order chi connectivity index (χ0) is 21.0. The number of nitrogens with zero attached hydrogens (tertiary/aromatic N) is 1. The maximum Gasteiger partial charge on any atom is 0.311 e. The summed E-state index contributed by atoms with van der Waals surface area (Å²) in [7, 11) is 1.39. The molecule has 8 nitrogen and oxygen atoms in total. The summed E-state index contributed by atoms with van der Waals surface area (Å²) in [5.41, 5.74) is 3.11. The van der Waals surface area contributed by atoms with Crippen LogP contribution in [0.15, 0.2) is 36.4 Å². The van der Waals surface area contributed by atoms with E-state index in [1.54, 1.807) is 0 Å².